The number of ether oxygens (including phenoxy) is 1. The van der Waals surface area contributed by atoms with E-state index >= 15 is 0 Å². The van der Waals surface area contributed by atoms with Gasteiger partial charge in [0.05, 0.1) is 19.7 Å². The van der Waals surface area contributed by atoms with Crippen LogP contribution in [0.3, 0.4) is 0 Å². The third-order valence-electron chi connectivity index (χ3n) is 8.27. The van der Waals surface area contributed by atoms with Crippen LogP contribution in [0, 0.1) is 0 Å². The van der Waals surface area contributed by atoms with Gasteiger partial charge in [0, 0.05) is 24.5 Å². The number of fused-ring (bicyclic) bond motifs is 1. The van der Waals surface area contributed by atoms with Crippen LogP contribution in [0.5, 0.6) is 5.75 Å². The molecule has 0 radical (unpaired) electrons. The van der Waals surface area contributed by atoms with Crippen molar-refractivity contribution >= 4 is 22.6 Å². The molecule has 47 heavy (non-hydrogen) atoms. The second kappa shape index (κ2) is 17.1. The maximum Gasteiger partial charge on any atom is 0.251 e. The molecular formula is C38H44N6O3. The van der Waals surface area contributed by atoms with Gasteiger partial charge in [-0.1, -0.05) is 72.8 Å². The molecule has 2 amide bonds. The summed E-state index contributed by atoms with van der Waals surface area (Å²) in [6.45, 7) is 4.75. The molecule has 0 aliphatic heterocycles. The zero-order valence-corrected chi connectivity index (χ0v) is 27.1. The van der Waals surface area contributed by atoms with Crippen molar-refractivity contribution in [3.05, 3.63) is 131 Å². The summed E-state index contributed by atoms with van der Waals surface area (Å²) in [5.41, 5.74) is 3.74. The van der Waals surface area contributed by atoms with Crippen molar-refractivity contribution < 1.29 is 14.3 Å². The van der Waals surface area contributed by atoms with Crippen molar-refractivity contribution in [3.63, 3.8) is 0 Å². The van der Waals surface area contributed by atoms with Gasteiger partial charge in [0.1, 0.15) is 17.6 Å². The summed E-state index contributed by atoms with van der Waals surface area (Å²) >= 11 is 0. The predicted octanol–water partition coefficient (Wildman–Crippen LogP) is 5.45. The van der Waals surface area contributed by atoms with E-state index in [9.17, 15) is 9.59 Å². The number of nitrogens with zero attached hydrogens (tertiary/aromatic N) is 1. The van der Waals surface area contributed by atoms with Crippen molar-refractivity contribution in [1.29, 1.82) is 0 Å². The fourth-order valence-electron chi connectivity index (χ4n) is 5.71. The van der Waals surface area contributed by atoms with Crippen LogP contribution < -0.4 is 26.0 Å². The zero-order chi connectivity index (χ0) is 32.8. The van der Waals surface area contributed by atoms with E-state index in [4.69, 9.17) is 4.74 Å². The van der Waals surface area contributed by atoms with Gasteiger partial charge in [-0.15, -0.1) is 0 Å². The Morgan fingerprint density at radius 1 is 0.851 bits per heavy atom. The quantitative estimate of drug-likeness (QED) is 0.0870. The molecule has 0 saturated carbocycles. The molecule has 2 atom stereocenters. The first-order chi connectivity index (χ1) is 23.0. The molecule has 4 aromatic carbocycles. The van der Waals surface area contributed by atoms with Gasteiger partial charge in [-0.3, -0.25) is 9.59 Å². The summed E-state index contributed by atoms with van der Waals surface area (Å²) in [5, 5.41) is 15.2. The Labute approximate surface area is 276 Å². The SMILES string of the molecule is COc1ccccc1CCNCCC[C@H](NC(=O)c1ccc(CNCc2ncc[nH]2)cc1)C(=O)N[C@@H](C)c1cccc2ccccc12. The number of imidazole rings is 1. The summed E-state index contributed by atoms with van der Waals surface area (Å²) in [7, 11) is 1.68. The number of methoxy groups -OCH3 is 1. The average Bonchev–Trinajstić information content (AvgIpc) is 3.63. The third kappa shape index (κ3) is 9.51. The topological polar surface area (TPSA) is 120 Å². The number of hydrogen-bond donors (Lipinski definition) is 5. The molecule has 244 valence electrons. The van der Waals surface area contributed by atoms with Gasteiger partial charge in [0.2, 0.25) is 5.91 Å². The molecule has 0 aliphatic rings. The van der Waals surface area contributed by atoms with E-state index in [1.807, 2.05) is 61.5 Å². The number of para-hydroxylation sites is 1. The maximum absolute atomic E-state index is 13.7. The van der Waals surface area contributed by atoms with Crippen molar-refractivity contribution in [1.82, 2.24) is 31.2 Å². The first-order valence-electron chi connectivity index (χ1n) is 16.2. The number of rotatable bonds is 17. The van der Waals surface area contributed by atoms with Crippen LogP contribution in [0.1, 0.15) is 58.7 Å². The highest BCUT2D eigenvalue weighted by Gasteiger charge is 2.23. The van der Waals surface area contributed by atoms with Crippen LogP contribution >= 0.6 is 0 Å². The largest absolute Gasteiger partial charge is 0.496 e. The lowest BCUT2D eigenvalue weighted by molar-refractivity contribution is -0.123. The van der Waals surface area contributed by atoms with E-state index in [1.54, 1.807) is 31.6 Å². The predicted molar refractivity (Wildman–Crippen MR) is 186 cm³/mol. The normalized spacial score (nSPS) is 12.4. The number of hydrogen-bond acceptors (Lipinski definition) is 6. The Morgan fingerprint density at radius 2 is 1.64 bits per heavy atom. The summed E-state index contributed by atoms with van der Waals surface area (Å²) in [6.07, 6.45) is 5.57. The van der Waals surface area contributed by atoms with Crippen molar-refractivity contribution in [2.75, 3.05) is 20.2 Å². The highest BCUT2D eigenvalue weighted by molar-refractivity contribution is 5.97. The van der Waals surface area contributed by atoms with Crippen LogP contribution in [0.4, 0.5) is 0 Å². The van der Waals surface area contributed by atoms with Gasteiger partial charge < -0.3 is 31.0 Å². The van der Waals surface area contributed by atoms with Crippen molar-refractivity contribution in [2.45, 2.75) is 51.4 Å². The Morgan fingerprint density at radius 3 is 2.45 bits per heavy atom. The van der Waals surface area contributed by atoms with Crippen molar-refractivity contribution in [3.8, 4) is 5.75 Å². The minimum atomic E-state index is -0.689. The number of aromatic nitrogens is 2. The molecule has 5 N–H and O–H groups in total. The number of aromatic amines is 1. The lowest BCUT2D eigenvalue weighted by atomic mass is 9.99. The first kappa shape index (κ1) is 33.4. The van der Waals surface area contributed by atoms with E-state index in [0.717, 1.165) is 52.0 Å². The third-order valence-corrected chi connectivity index (χ3v) is 8.27. The van der Waals surface area contributed by atoms with E-state index < -0.39 is 6.04 Å². The molecule has 0 fully saturated rings. The van der Waals surface area contributed by atoms with E-state index in [2.05, 4.69) is 55.5 Å². The van der Waals surface area contributed by atoms with E-state index in [-0.39, 0.29) is 17.9 Å². The summed E-state index contributed by atoms with van der Waals surface area (Å²) in [5.74, 6) is 1.27. The first-order valence-corrected chi connectivity index (χ1v) is 16.2. The van der Waals surface area contributed by atoms with Crippen LogP contribution in [0.15, 0.2) is 103 Å². The standard InChI is InChI=1S/C38H44N6O3/c1-27(32-13-7-11-29-9-3-5-12-33(29)32)43-38(46)34(14-8-21-39-22-20-30-10-4-6-15-35(30)47-2)44-37(45)31-18-16-28(17-19-31)25-40-26-36-41-23-24-42-36/h3-7,9-13,15-19,23-24,27,34,39-40H,8,14,20-22,25-26H2,1-2H3,(H,41,42)(H,43,46)(H,44,45)/t27-,34-/m0/s1. The summed E-state index contributed by atoms with van der Waals surface area (Å²) in [6, 6.07) is 28.8. The molecule has 5 aromatic rings. The number of amides is 2. The van der Waals surface area contributed by atoms with Gasteiger partial charge in [-0.05, 0) is 84.9 Å². The molecule has 9 nitrogen and oxygen atoms in total. The van der Waals surface area contributed by atoms with E-state index in [0.29, 0.717) is 38.0 Å². The minimum absolute atomic E-state index is 0.202. The van der Waals surface area contributed by atoms with Gasteiger partial charge in [0.15, 0.2) is 0 Å². The zero-order valence-electron chi connectivity index (χ0n) is 27.1. The number of nitrogens with one attached hydrogen (secondary N) is 5. The van der Waals surface area contributed by atoms with Crippen molar-refractivity contribution in [2.24, 2.45) is 0 Å². The summed E-state index contributed by atoms with van der Waals surface area (Å²) in [4.78, 5) is 34.4. The Balaban J connectivity index is 1.19. The van der Waals surface area contributed by atoms with Gasteiger partial charge >= 0.3 is 0 Å². The van der Waals surface area contributed by atoms with Crippen LogP contribution in [-0.4, -0.2) is 48.0 Å². The molecule has 5 rings (SSSR count). The van der Waals surface area contributed by atoms with Gasteiger partial charge in [-0.2, -0.15) is 0 Å². The monoisotopic (exact) mass is 632 g/mol. The fourth-order valence-corrected chi connectivity index (χ4v) is 5.71. The highest BCUT2D eigenvalue weighted by atomic mass is 16.5. The molecular weight excluding hydrogens is 588 g/mol. The Hall–Kier alpha value is -4.99. The molecule has 0 spiro atoms. The molecule has 1 heterocycles. The summed E-state index contributed by atoms with van der Waals surface area (Å²) < 4.78 is 5.46. The van der Waals surface area contributed by atoms with Gasteiger partial charge in [0.25, 0.3) is 5.91 Å². The second-order valence-electron chi connectivity index (χ2n) is 11.6. The molecule has 0 unspecified atom stereocenters. The maximum atomic E-state index is 13.7. The molecule has 0 aliphatic carbocycles. The average molecular weight is 633 g/mol. The smallest absolute Gasteiger partial charge is 0.251 e. The number of carbonyl (C=O) groups excluding carboxylic acids is 2. The van der Waals surface area contributed by atoms with Crippen LogP contribution in [0.25, 0.3) is 10.8 Å². The highest BCUT2D eigenvalue weighted by Crippen LogP contribution is 2.24. The number of benzene rings is 4. The Kier molecular flexibility index (Phi) is 12.1. The molecule has 0 saturated heterocycles. The molecule has 9 heteroatoms. The van der Waals surface area contributed by atoms with Crippen LogP contribution in [0.2, 0.25) is 0 Å². The lowest BCUT2D eigenvalue weighted by Gasteiger charge is -2.23. The molecule has 1 aromatic heterocycles. The minimum Gasteiger partial charge on any atom is -0.496 e. The number of carbonyl (C=O) groups is 2. The lowest BCUT2D eigenvalue weighted by Crippen LogP contribution is -2.47. The van der Waals surface area contributed by atoms with Gasteiger partial charge in [-0.25, -0.2) is 4.98 Å². The fraction of sp³-hybridized carbons (Fsp3) is 0.289. The van der Waals surface area contributed by atoms with Crippen LogP contribution in [-0.2, 0) is 24.3 Å². The number of H-pyrrole nitrogens is 1. The van der Waals surface area contributed by atoms with E-state index in [1.165, 1.54) is 0 Å². The molecule has 0 bridgehead atoms. The second-order valence-corrected chi connectivity index (χ2v) is 11.6. The Bertz CT molecular complexity index is 1720.